The van der Waals surface area contributed by atoms with Crippen LogP contribution in [0.15, 0.2) is 66.7 Å². The molecule has 1 aliphatic rings. The number of rotatable bonds is 4. The Morgan fingerprint density at radius 1 is 1.00 bits per heavy atom. The summed E-state index contributed by atoms with van der Waals surface area (Å²) in [5.41, 5.74) is 6.70. The number of aliphatic carboxylic acids is 2. The molecule has 0 radical (unpaired) electrons. The summed E-state index contributed by atoms with van der Waals surface area (Å²) in [6.45, 7) is 3.85. The Morgan fingerprint density at radius 2 is 1.68 bits per heavy atom. The Labute approximate surface area is 197 Å². The quantitative estimate of drug-likeness (QED) is 0.557. The normalized spacial score (nSPS) is 15.7. The molecule has 176 valence electrons. The highest BCUT2D eigenvalue weighted by Gasteiger charge is 2.23. The van der Waals surface area contributed by atoms with Gasteiger partial charge in [-0.3, -0.25) is 0 Å². The summed E-state index contributed by atoms with van der Waals surface area (Å²) in [5, 5.41) is 24.1. The minimum atomic E-state index is -1.26. The molecule has 0 saturated heterocycles. The molecular formula is C26H26FN3O4. The van der Waals surface area contributed by atoms with Crippen LogP contribution in [-0.4, -0.2) is 50.8 Å². The van der Waals surface area contributed by atoms with E-state index in [4.69, 9.17) is 10.2 Å². The predicted molar refractivity (Wildman–Crippen MR) is 126 cm³/mol. The summed E-state index contributed by atoms with van der Waals surface area (Å²) < 4.78 is 13.3. The molecule has 1 aliphatic heterocycles. The number of carbonyl (C=O) groups is 2. The van der Waals surface area contributed by atoms with E-state index in [9.17, 15) is 14.0 Å². The number of carboxylic acid groups (broad SMARTS) is 2. The van der Waals surface area contributed by atoms with Crippen LogP contribution in [0.25, 0.3) is 11.3 Å². The minimum absolute atomic E-state index is 0.187. The van der Waals surface area contributed by atoms with Crippen LogP contribution in [0.5, 0.6) is 0 Å². The number of hydrogen-bond donors (Lipinski definition) is 2. The highest BCUT2D eigenvalue weighted by Crippen LogP contribution is 2.35. The smallest absolute Gasteiger partial charge is 0.328 e. The maximum Gasteiger partial charge on any atom is 0.328 e. The van der Waals surface area contributed by atoms with Crippen LogP contribution in [0.2, 0.25) is 0 Å². The topological polar surface area (TPSA) is 104 Å². The zero-order chi connectivity index (χ0) is 24.7. The first-order chi connectivity index (χ1) is 16.2. The molecule has 1 unspecified atom stereocenters. The van der Waals surface area contributed by atoms with E-state index in [0.29, 0.717) is 12.2 Å². The SMILES string of the molecule is Cc1ccc(-c2ccc3c(c2)CN(C)CCC3c2ccc(F)cc2)nn1.O=C(O)/C=C\C(=O)O. The van der Waals surface area contributed by atoms with E-state index in [-0.39, 0.29) is 11.7 Å². The lowest BCUT2D eigenvalue weighted by atomic mass is 9.86. The Balaban J connectivity index is 0.000000350. The molecule has 3 aromatic rings. The molecule has 0 aliphatic carbocycles. The molecule has 0 fully saturated rings. The zero-order valence-corrected chi connectivity index (χ0v) is 19.0. The zero-order valence-electron chi connectivity index (χ0n) is 19.0. The number of aryl methyl sites for hydroxylation is 1. The van der Waals surface area contributed by atoms with E-state index in [1.165, 1.54) is 16.7 Å². The Kier molecular flexibility index (Phi) is 8.21. The summed E-state index contributed by atoms with van der Waals surface area (Å²) in [4.78, 5) is 21.4. The average molecular weight is 464 g/mol. The van der Waals surface area contributed by atoms with Crippen molar-refractivity contribution in [1.82, 2.24) is 15.1 Å². The van der Waals surface area contributed by atoms with Crippen molar-refractivity contribution >= 4 is 11.9 Å². The third kappa shape index (κ3) is 6.79. The van der Waals surface area contributed by atoms with Crippen molar-refractivity contribution in [1.29, 1.82) is 0 Å². The largest absolute Gasteiger partial charge is 0.478 e. The molecule has 0 bridgehead atoms. The summed E-state index contributed by atoms with van der Waals surface area (Å²) in [6.07, 6.45) is 2.14. The monoisotopic (exact) mass is 463 g/mol. The molecule has 2 aromatic carbocycles. The van der Waals surface area contributed by atoms with Gasteiger partial charge in [-0.05, 0) is 74.0 Å². The van der Waals surface area contributed by atoms with Gasteiger partial charge in [0, 0.05) is 30.2 Å². The summed E-state index contributed by atoms with van der Waals surface area (Å²) in [6, 6.07) is 17.5. The third-order valence-corrected chi connectivity index (χ3v) is 5.49. The van der Waals surface area contributed by atoms with Gasteiger partial charge in [0.05, 0.1) is 11.4 Å². The predicted octanol–water partition coefficient (Wildman–Crippen LogP) is 4.27. The highest BCUT2D eigenvalue weighted by atomic mass is 19.1. The maximum atomic E-state index is 13.3. The standard InChI is InChI=1S/C22H22FN3.C4H4O4/c1-15-3-10-22(25-24-15)17-6-9-20-18(13-17)14-26(2)12-11-21(20)16-4-7-19(23)8-5-16;5-3(6)1-2-4(7)8/h3-10,13,21H,11-12,14H2,1-2H3;1-2H,(H,5,6)(H,7,8)/b;2-1-. The van der Waals surface area contributed by atoms with Crippen molar-refractivity contribution in [2.75, 3.05) is 13.6 Å². The molecule has 4 rings (SSSR count). The van der Waals surface area contributed by atoms with Crippen molar-refractivity contribution in [3.8, 4) is 11.3 Å². The van der Waals surface area contributed by atoms with Crippen molar-refractivity contribution in [2.24, 2.45) is 0 Å². The van der Waals surface area contributed by atoms with E-state index in [1.807, 2.05) is 31.2 Å². The lowest BCUT2D eigenvalue weighted by Gasteiger charge is -2.18. The van der Waals surface area contributed by atoms with Gasteiger partial charge in [0.2, 0.25) is 0 Å². The second kappa shape index (κ2) is 11.3. The number of aromatic nitrogens is 2. The number of carboxylic acids is 2. The van der Waals surface area contributed by atoms with Crippen molar-refractivity contribution in [3.63, 3.8) is 0 Å². The van der Waals surface area contributed by atoms with E-state index in [1.54, 1.807) is 12.1 Å². The van der Waals surface area contributed by atoms with Crippen molar-refractivity contribution in [2.45, 2.75) is 25.8 Å². The van der Waals surface area contributed by atoms with Gasteiger partial charge in [0.1, 0.15) is 5.82 Å². The van der Waals surface area contributed by atoms with Gasteiger partial charge in [-0.25, -0.2) is 14.0 Å². The van der Waals surface area contributed by atoms with Crippen molar-refractivity contribution < 1.29 is 24.2 Å². The third-order valence-electron chi connectivity index (χ3n) is 5.49. The van der Waals surface area contributed by atoms with Gasteiger partial charge in [0.25, 0.3) is 0 Å². The molecule has 0 amide bonds. The van der Waals surface area contributed by atoms with E-state index in [0.717, 1.165) is 36.5 Å². The number of benzene rings is 2. The van der Waals surface area contributed by atoms with Gasteiger partial charge in [-0.2, -0.15) is 10.2 Å². The maximum absolute atomic E-state index is 13.3. The molecule has 7 nitrogen and oxygen atoms in total. The second-order valence-corrected chi connectivity index (χ2v) is 8.11. The van der Waals surface area contributed by atoms with Crippen LogP contribution in [0.1, 0.15) is 34.7 Å². The summed E-state index contributed by atoms with van der Waals surface area (Å²) >= 11 is 0. The van der Waals surface area contributed by atoms with Crippen LogP contribution in [0.3, 0.4) is 0 Å². The van der Waals surface area contributed by atoms with E-state index in [2.05, 4.69) is 40.3 Å². The number of halogens is 1. The average Bonchev–Trinajstić information content (AvgIpc) is 2.97. The Morgan fingerprint density at radius 3 is 2.26 bits per heavy atom. The molecule has 1 aromatic heterocycles. The molecule has 2 heterocycles. The fourth-order valence-electron chi connectivity index (χ4n) is 3.85. The fraction of sp³-hybridized carbons (Fsp3) is 0.231. The van der Waals surface area contributed by atoms with Gasteiger partial charge >= 0.3 is 11.9 Å². The lowest BCUT2D eigenvalue weighted by molar-refractivity contribution is -0.134. The van der Waals surface area contributed by atoms with Crippen LogP contribution in [0.4, 0.5) is 4.39 Å². The van der Waals surface area contributed by atoms with Gasteiger partial charge in [0.15, 0.2) is 0 Å². The number of nitrogens with zero attached hydrogens (tertiary/aromatic N) is 3. The lowest BCUT2D eigenvalue weighted by Crippen LogP contribution is -2.17. The molecule has 2 N–H and O–H groups in total. The summed E-state index contributed by atoms with van der Waals surface area (Å²) in [7, 11) is 2.15. The minimum Gasteiger partial charge on any atom is -0.478 e. The molecule has 1 atom stereocenters. The van der Waals surface area contributed by atoms with Crippen LogP contribution in [0, 0.1) is 12.7 Å². The Hall–Kier alpha value is -3.91. The summed E-state index contributed by atoms with van der Waals surface area (Å²) in [5.74, 6) is -2.42. The van der Waals surface area contributed by atoms with E-state index >= 15 is 0 Å². The molecule has 8 heteroatoms. The number of hydrogen-bond acceptors (Lipinski definition) is 5. The molecule has 0 saturated carbocycles. The van der Waals surface area contributed by atoms with Gasteiger partial charge in [-0.1, -0.05) is 24.3 Å². The van der Waals surface area contributed by atoms with Gasteiger partial charge in [-0.15, -0.1) is 0 Å². The fourth-order valence-corrected chi connectivity index (χ4v) is 3.85. The first kappa shape index (κ1) is 24.7. The van der Waals surface area contributed by atoms with Crippen LogP contribution < -0.4 is 0 Å². The molecule has 0 spiro atoms. The van der Waals surface area contributed by atoms with Crippen LogP contribution in [-0.2, 0) is 16.1 Å². The first-order valence-corrected chi connectivity index (χ1v) is 10.7. The number of fused-ring (bicyclic) bond motifs is 1. The van der Waals surface area contributed by atoms with E-state index < -0.39 is 11.9 Å². The Bertz CT molecular complexity index is 1160. The van der Waals surface area contributed by atoms with Gasteiger partial charge < -0.3 is 15.1 Å². The second-order valence-electron chi connectivity index (χ2n) is 8.11. The first-order valence-electron chi connectivity index (χ1n) is 10.7. The van der Waals surface area contributed by atoms with Crippen LogP contribution >= 0.6 is 0 Å². The molecule has 34 heavy (non-hydrogen) atoms. The van der Waals surface area contributed by atoms with Crippen molar-refractivity contribution in [3.05, 3.63) is 95.0 Å². The molecular weight excluding hydrogens is 437 g/mol. The highest BCUT2D eigenvalue weighted by molar-refractivity contribution is 5.89.